The second-order valence-electron chi connectivity index (χ2n) is 5.76. The molecular weight excluding hydrogens is 214 g/mol. The van der Waals surface area contributed by atoms with E-state index < -0.39 is 0 Å². The zero-order chi connectivity index (χ0) is 11.6. The van der Waals surface area contributed by atoms with Gasteiger partial charge in [0.1, 0.15) is 0 Å². The van der Waals surface area contributed by atoms with Gasteiger partial charge in [0.05, 0.1) is 0 Å². The molecule has 1 aliphatic carbocycles. The Kier molecular flexibility index (Phi) is 3.70. The molecule has 0 aliphatic heterocycles. The molecule has 1 aliphatic rings. The van der Waals surface area contributed by atoms with Crippen LogP contribution < -0.4 is 5.32 Å². The van der Waals surface area contributed by atoms with E-state index in [1.54, 1.807) is 0 Å². The summed E-state index contributed by atoms with van der Waals surface area (Å²) < 4.78 is 0. The summed E-state index contributed by atoms with van der Waals surface area (Å²) >= 11 is 1.87. The summed E-state index contributed by atoms with van der Waals surface area (Å²) in [6, 6.07) is 5.11. The largest absolute Gasteiger partial charge is 0.313 e. The third-order valence-corrected chi connectivity index (χ3v) is 5.06. The molecule has 2 rings (SSSR count). The highest BCUT2D eigenvalue weighted by Crippen LogP contribution is 2.37. The predicted octanol–water partition coefficient (Wildman–Crippen LogP) is 4.02. The van der Waals surface area contributed by atoms with Crippen molar-refractivity contribution in [2.24, 2.45) is 5.41 Å². The lowest BCUT2D eigenvalue weighted by Gasteiger charge is -2.29. The minimum atomic E-state index is 0.495. The number of hydrogen-bond donors (Lipinski definition) is 1. The van der Waals surface area contributed by atoms with Crippen molar-refractivity contribution in [2.45, 2.75) is 52.0 Å². The zero-order valence-electron chi connectivity index (χ0n) is 10.6. The fraction of sp³-hybridized carbons (Fsp3) is 0.714. The van der Waals surface area contributed by atoms with Gasteiger partial charge in [0.2, 0.25) is 0 Å². The lowest BCUT2D eigenvalue weighted by atomic mass is 9.87. The van der Waals surface area contributed by atoms with Gasteiger partial charge in [-0.3, -0.25) is 0 Å². The first-order valence-corrected chi connectivity index (χ1v) is 7.24. The normalized spacial score (nSPS) is 25.8. The fourth-order valence-corrected chi connectivity index (χ4v) is 3.48. The van der Waals surface area contributed by atoms with Crippen LogP contribution in [0.15, 0.2) is 17.5 Å². The summed E-state index contributed by atoms with van der Waals surface area (Å²) in [5, 5.41) is 5.94. The van der Waals surface area contributed by atoms with Gasteiger partial charge in [-0.25, -0.2) is 0 Å². The van der Waals surface area contributed by atoms with Crippen molar-refractivity contribution >= 4 is 11.3 Å². The van der Waals surface area contributed by atoms with Gasteiger partial charge in [0.25, 0.3) is 0 Å². The van der Waals surface area contributed by atoms with Crippen LogP contribution in [0.3, 0.4) is 0 Å². The number of nitrogens with one attached hydrogen (secondary N) is 1. The van der Waals surface area contributed by atoms with Crippen LogP contribution >= 0.6 is 11.3 Å². The highest BCUT2D eigenvalue weighted by molar-refractivity contribution is 7.10. The molecule has 1 nitrogen and oxygen atoms in total. The molecule has 16 heavy (non-hydrogen) atoms. The molecule has 0 amide bonds. The highest BCUT2D eigenvalue weighted by Gasteiger charge is 2.34. The minimum Gasteiger partial charge on any atom is -0.313 e. The topological polar surface area (TPSA) is 12.0 Å². The maximum atomic E-state index is 3.77. The van der Waals surface area contributed by atoms with Gasteiger partial charge in [-0.2, -0.15) is 0 Å². The molecule has 2 atom stereocenters. The van der Waals surface area contributed by atoms with Crippen molar-refractivity contribution < 1.29 is 0 Å². The molecular formula is C14H23NS. The second-order valence-corrected chi connectivity index (χ2v) is 6.74. The van der Waals surface area contributed by atoms with Crippen LogP contribution in [0.1, 0.15) is 50.8 Å². The van der Waals surface area contributed by atoms with Crippen molar-refractivity contribution in [2.75, 3.05) is 6.54 Å². The van der Waals surface area contributed by atoms with Gasteiger partial charge >= 0.3 is 0 Å². The average molecular weight is 237 g/mol. The maximum absolute atomic E-state index is 3.77. The van der Waals surface area contributed by atoms with Crippen LogP contribution in [0.2, 0.25) is 0 Å². The quantitative estimate of drug-likeness (QED) is 0.834. The molecule has 0 bridgehead atoms. The second kappa shape index (κ2) is 4.89. The Hall–Kier alpha value is -0.340. The molecule has 1 fully saturated rings. The summed E-state index contributed by atoms with van der Waals surface area (Å²) in [7, 11) is 0. The predicted molar refractivity (Wildman–Crippen MR) is 72.2 cm³/mol. The maximum Gasteiger partial charge on any atom is 0.0118 e. The van der Waals surface area contributed by atoms with Crippen molar-refractivity contribution in [1.82, 2.24) is 5.32 Å². The van der Waals surface area contributed by atoms with E-state index in [0.717, 1.165) is 12.6 Å². The molecule has 0 radical (unpaired) electrons. The van der Waals surface area contributed by atoms with E-state index in [1.165, 1.54) is 24.1 Å². The van der Waals surface area contributed by atoms with Crippen molar-refractivity contribution in [3.63, 3.8) is 0 Å². The van der Waals surface area contributed by atoms with E-state index in [4.69, 9.17) is 0 Å². The van der Waals surface area contributed by atoms with E-state index in [1.807, 2.05) is 11.3 Å². The Balaban J connectivity index is 1.83. The minimum absolute atomic E-state index is 0.495. The van der Waals surface area contributed by atoms with Gasteiger partial charge in [-0.05, 0) is 29.7 Å². The molecule has 0 aromatic carbocycles. The van der Waals surface area contributed by atoms with Gasteiger partial charge in [-0.1, -0.05) is 33.3 Å². The molecule has 1 aromatic rings. The molecule has 2 heteroatoms. The number of thiophene rings is 1. The van der Waals surface area contributed by atoms with Crippen molar-refractivity contribution in [3.05, 3.63) is 22.4 Å². The van der Waals surface area contributed by atoms with E-state index in [9.17, 15) is 0 Å². The standard InChI is InChI=1S/C14H23NS/c1-11(12-6-5-9-16-12)10-15-13-7-4-8-14(13,2)3/h5-6,9,11,13,15H,4,7-8,10H2,1-3H3. The van der Waals surface area contributed by atoms with Crippen molar-refractivity contribution in [1.29, 1.82) is 0 Å². The molecule has 90 valence electrons. The molecule has 1 aromatic heterocycles. The Labute approximate surface area is 103 Å². The van der Waals surface area contributed by atoms with Crippen molar-refractivity contribution in [3.8, 4) is 0 Å². The Bertz CT molecular complexity index is 315. The summed E-state index contributed by atoms with van der Waals surface area (Å²) in [5.74, 6) is 0.649. The zero-order valence-corrected chi connectivity index (χ0v) is 11.4. The monoisotopic (exact) mass is 237 g/mol. The third kappa shape index (κ3) is 2.67. The number of rotatable bonds is 4. The summed E-state index contributed by atoms with van der Waals surface area (Å²) in [6.45, 7) is 8.23. The third-order valence-electron chi connectivity index (χ3n) is 3.96. The molecule has 2 unspecified atom stereocenters. The first kappa shape index (κ1) is 12.1. The van der Waals surface area contributed by atoms with Gasteiger partial charge in [0, 0.05) is 23.4 Å². The Morgan fingerprint density at radius 1 is 1.56 bits per heavy atom. The van der Waals surface area contributed by atoms with Crippen LogP contribution in [-0.2, 0) is 0 Å². The van der Waals surface area contributed by atoms with Crippen LogP contribution in [-0.4, -0.2) is 12.6 Å². The Morgan fingerprint density at radius 2 is 2.38 bits per heavy atom. The molecule has 0 saturated heterocycles. The van der Waals surface area contributed by atoms with E-state index >= 15 is 0 Å². The highest BCUT2D eigenvalue weighted by atomic mass is 32.1. The lowest BCUT2D eigenvalue weighted by Crippen LogP contribution is -2.39. The van der Waals surface area contributed by atoms with E-state index in [2.05, 4.69) is 43.6 Å². The summed E-state index contributed by atoms with van der Waals surface area (Å²) in [5.41, 5.74) is 0.495. The molecule has 1 heterocycles. The SMILES string of the molecule is CC(CNC1CCCC1(C)C)c1cccs1. The number of hydrogen-bond acceptors (Lipinski definition) is 2. The van der Waals surface area contributed by atoms with E-state index in [-0.39, 0.29) is 0 Å². The van der Waals surface area contributed by atoms with Crippen LogP contribution in [0.5, 0.6) is 0 Å². The smallest absolute Gasteiger partial charge is 0.0118 e. The molecule has 1 saturated carbocycles. The molecule has 1 N–H and O–H groups in total. The lowest BCUT2D eigenvalue weighted by molar-refractivity contribution is 0.281. The summed E-state index contributed by atoms with van der Waals surface area (Å²) in [6.07, 6.45) is 4.11. The fourth-order valence-electron chi connectivity index (χ4n) is 2.70. The van der Waals surface area contributed by atoms with Gasteiger partial charge in [0.15, 0.2) is 0 Å². The van der Waals surface area contributed by atoms with Gasteiger partial charge < -0.3 is 5.32 Å². The first-order valence-electron chi connectivity index (χ1n) is 6.36. The average Bonchev–Trinajstić information content (AvgIpc) is 2.83. The first-order chi connectivity index (χ1) is 7.59. The Morgan fingerprint density at radius 3 is 2.94 bits per heavy atom. The van der Waals surface area contributed by atoms with Crippen LogP contribution in [0, 0.1) is 5.41 Å². The van der Waals surface area contributed by atoms with Gasteiger partial charge in [-0.15, -0.1) is 11.3 Å². The van der Waals surface area contributed by atoms with Crippen LogP contribution in [0.25, 0.3) is 0 Å². The molecule has 0 spiro atoms. The van der Waals surface area contributed by atoms with E-state index in [0.29, 0.717) is 11.3 Å². The van der Waals surface area contributed by atoms with Crippen LogP contribution in [0.4, 0.5) is 0 Å². The summed E-state index contributed by atoms with van der Waals surface area (Å²) in [4.78, 5) is 1.50.